The Morgan fingerprint density at radius 2 is 0.481 bits per heavy atom. The van der Waals surface area contributed by atoms with E-state index >= 15 is 0 Å². The number of hydrogen-bond donors (Lipinski definition) is 0. The fraction of sp³-hybridized carbons (Fsp3) is 0.667. The summed E-state index contributed by atoms with van der Waals surface area (Å²) in [6.45, 7) is 6.39. The number of carbonyl (C=O) groups is 3. The van der Waals surface area contributed by atoms with Gasteiger partial charge < -0.3 is 14.2 Å². The number of hydrogen-bond acceptors (Lipinski definition) is 6. The fourth-order valence-corrected chi connectivity index (χ4v) is 9.14. The van der Waals surface area contributed by atoms with Gasteiger partial charge in [0.15, 0.2) is 6.10 Å². The lowest BCUT2D eigenvalue weighted by Gasteiger charge is -2.18. The van der Waals surface area contributed by atoms with Crippen LogP contribution in [0.4, 0.5) is 0 Å². The molecule has 0 rings (SSSR count). The first-order valence-corrected chi connectivity index (χ1v) is 33.7. The Hall–Kier alpha value is -4.45. The van der Waals surface area contributed by atoms with Gasteiger partial charge in [0, 0.05) is 19.3 Å². The highest BCUT2D eigenvalue weighted by molar-refractivity contribution is 5.71. The molecular formula is C75H124O6. The minimum Gasteiger partial charge on any atom is -0.462 e. The van der Waals surface area contributed by atoms with E-state index in [0.717, 1.165) is 141 Å². The second kappa shape index (κ2) is 68.1. The standard InChI is InChI=1S/C75H124O6/c1-4-7-10-13-16-19-22-25-28-31-34-35-36-37-38-39-42-44-47-50-53-56-59-62-65-68-74(77)80-71-72(81-75(78)69-66-63-60-57-54-51-48-45-41-33-30-27-24-21-18-15-12-9-6-3)70-79-73(76)67-64-61-58-55-52-49-46-43-40-32-29-26-23-20-17-14-11-8-5-2/h7,9-10,12,16-21,25-30,34-35,37-38,41,45,72H,4-6,8,11,13-15,22-24,31-33,36,39-40,42-44,46-71H2,1-3H3/b10-7-,12-9-,19-16-,20-17-,21-18-,28-25-,29-26-,30-27-,35-34-,38-37-,45-41-. The highest BCUT2D eigenvalue weighted by atomic mass is 16.6. The molecule has 0 aromatic heterocycles. The van der Waals surface area contributed by atoms with Crippen LogP contribution >= 0.6 is 0 Å². The van der Waals surface area contributed by atoms with E-state index in [4.69, 9.17) is 14.2 Å². The van der Waals surface area contributed by atoms with E-state index in [1.807, 2.05) is 0 Å². The van der Waals surface area contributed by atoms with Gasteiger partial charge in [-0.1, -0.05) is 283 Å². The maximum absolute atomic E-state index is 12.9. The Balaban J connectivity index is 4.42. The lowest BCUT2D eigenvalue weighted by Crippen LogP contribution is -2.30. The smallest absolute Gasteiger partial charge is 0.306 e. The summed E-state index contributed by atoms with van der Waals surface area (Å²) < 4.78 is 17.0. The number of unbranched alkanes of at least 4 members (excludes halogenated alkanes) is 27. The summed E-state index contributed by atoms with van der Waals surface area (Å²) in [7, 11) is 0. The SMILES string of the molecule is CC/C=C\C/C=C\C/C=C\C/C=C\C/C=C\CCCCCCCCCCCC(=O)OCC(COC(=O)CCCCCCCCCCC/C=C\C/C=C\CCCCC)OC(=O)CCCCCCCC/C=C\C/C=C\C/C=C\C/C=C\CC. The molecule has 0 aliphatic rings. The van der Waals surface area contributed by atoms with Crippen LogP contribution in [0.3, 0.4) is 0 Å². The Labute approximate surface area is 500 Å². The van der Waals surface area contributed by atoms with Crippen molar-refractivity contribution in [3.05, 3.63) is 134 Å². The van der Waals surface area contributed by atoms with Crippen molar-refractivity contribution < 1.29 is 28.6 Å². The van der Waals surface area contributed by atoms with Crippen LogP contribution in [0.25, 0.3) is 0 Å². The average molecular weight is 1120 g/mol. The molecule has 0 saturated carbocycles. The molecule has 0 amide bonds. The maximum atomic E-state index is 12.9. The summed E-state index contributed by atoms with van der Waals surface area (Å²) >= 11 is 0. The third-order valence-electron chi connectivity index (χ3n) is 14.1. The molecule has 0 heterocycles. The maximum Gasteiger partial charge on any atom is 0.306 e. The van der Waals surface area contributed by atoms with Crippen LogP contribution in [-0.2, 0) is 28.6 Å². The summed E-state index contributed by atoms with van der Waals surface area (Å²) in [6.07, 6.45) is 95.9. The first kappa shape index (κ1) is 76.5. The highest BCUT2D eigenvalue weighted by Gasteiger charge is 2.19. The van der Waals surface area contributed by atoms with Crippen molar-refractivity contribution >= 4 is 17.9 Å². The van der Waals surface area contributed by atoms with Crippen molar-refractivity contribution in [3.8, 4) is 0 Å². The van der Waals surface area contributed by atoms with Crippen molar-refractivity contribution in [2.24, 2.45) is 0 Å². The summed E-state index contributed by atoms with van der Waals surface area (Å²) in [4.78, 5) is 38.5. The zero-order valence-electron chi connectivity index (χ0n) is 52.8. The van der Waals surface area contributed by atoms with E-state index in [9.17, 15) is 14.4 Å². The van der Waals surface area contributed by atoms with E-state index in [1.165, 1.54) is 122 Å². The van der Waals surface area contributed by atoms with Crippen LogP contribution in [-0.4, -0.2) is 37.2 Å². The van der Waals surface area contributed by atoms with Crippen LogP contribution in [0.2, 0.25) is 0 Å². The van der Waals surface area contributed by atoms with Crippen molar-refractivity contribution in [1.82, 2.24) is 0 Å². The van der Waals surface area contributed by atoms with Crippen LogP contribution in [0.15, 0.2) is 134 Å². The van der Waals surface area contributed by atoms with E-state index < -0.39 is 6.10 Å². The number of allylic oxidation sites excluding steroid dienone is 22. The normalized spacial score (nSPS) is 13.0. The van der Waals surface area contributed by atoms with Gasteiger partial charge in [-0.05, 0) is 135 Å². The Kier molecular flexibility index (Phi) is 64.3. The number of carbonyl (C=O) groups excluding carboxylic acids is 3. The molecule has 0 bridgehead atoms. The molecule has 0 saturated heterocycles. The van der Waals surface area contributed by atoms with Crippen LogP contribution in [0, 0.1) is 0 Å². The number of ether oxygens (including phenoxy) is 3. The lowest BCUT2D eigenvalue weighted by molar-refractivity contribution is -0.167. The van der Waals surface area contributed by atoms with Crippen molar-refractivity contribution in [3.63, 3.8) is 0 Å². The molecule has 6 nitrogen and oxygen atoms in total. The minimum absolute atomic E-state index is 0.0908. The van der Waals surface area contributed by atoms with E-state index in [-0.39, 0.29) is 31.1 Å². The topological polar surface area (TPSA) is 78.9 Å². The van der Waals surface area contributed by atoms with E-state index in [1.54, 1.807) is 0 Å². The molecule has 0 fully saturated rings. The monoisotopic (exact) mass is 1120 g/mol. The molecule has 6 heteroatoms. The average Bonchev–Trinajstić information content (AvgIpc) is 3.47. The second-order valence-electron chi connectivity index (χ2n) is 22.0. The van der Waals surface area contributed by atoms with Gasteiger partial charge in [-0.2, -0.15) is 0 Å². The molecular weight excluding hydrogens is 997 g/mol. The molecule has 0 aliphatic heterocycles. The van der Waals surface area contributed by atoms with Crippen LogP contribution in [0.5, 0.6) is 0 Å². The predicted molar refractivity (Wildman–Crippen MR) is 353 cm³/mol. The van der Waals surface area contributed by atoms with Gasteiger partial charge in [0.25, 0.3) is 0 Å². The van der Waals surface area contributed by atoms with Gasteiger partial charge in [-0.15, -0.1) is 0 Å². The molecule has 1 unspecified atom stereocenters. The van der Waals surface area contributed by atoms with Gasteiger partial charge in [-0.25, -0.2) is 0 Å². The van der Waals surface area contributed by atoms with Gasteiger partial charge in [-0.3, -0.25) is 14.4 Å². The van der Waals surface area contributed by atoms with Gasteiger partial charge in [0.05, 0.1) is 0 Å². The van der Waals surface area contributed by atoms with Gasteiger partial charge in [0.1, 0.15) is 13.2 Å². The minimum atomic E-state index is -0.797. The Morgan fingerprint density at radius 3 is 0.753 bits per heavy atom. The molecule has 0 N–H and O–H groups in total. The van der Waals surface area contributed by atoms with Crippen molar-refractivity contribution in [1.29, 1.82) is 0 Å². The third kappa shape index (κ3) is 66.2. The molecule has 1 atom stereocenters. The molecule has 0 aromatic carbocycles. The molecule has 0 aromatic rings. The molecule has 460 valence electrons. The third-order valence-corrected chi connectivity index (χ3v) is 14.1. The number of rotatable bonds is 60. The zero-order chi connectivity index (χ0) is 58.5. The van der Waals surface area contributed by atoms with Gasteiger partial charge in [0.2, 0.25) is 0 Å². The molecule has 0 spiro atoms. The largest absolute Gasteiger partial charge is 0.462 e. The predicted octanol–water partition coefficient (Wildman–Crippen LogP) is 23.3. The second-order valence-corrected chi connectivity index (χ2v) is 22.0. The Morgan fingerprint density at radius 1 is 0.259 bits per heavy atom. The van der Waals surface area contributed by atoms with E-state index in [0.29, 0.717) is 19.3 Å². The van der Waals surface area contributed by atoms with Crippen LogP contribution < -0.4 is 0 Å². The summed E-state index contributed by atoms with van der Waals surface area (Å²) in [5, 5.41) is 0. The zero-order valence-corrected chi connectivity index (χ0v) is 52.8. The summed E-state index contributed by atoms with van der Waals surface area (Å²) in [5.74, 6) is -0.909. The number of esters is 3. The van der Waals surface area contributed by atoms with Crippen molar-refractivity contribution in [2.75, 3.05) is 13.2 Å². The van der Waals surface area contributed by atoms with Gasteiger partial charge >= 0.3 is 17.9 Å². The lowest BCUT2D eigenvalue weighted by atomic mass is 10.1. The molecule has 0 aliphatic carbocycles. The van der Waals surface area contributed by atoms with Crippen LogP contribution in [0.1, 0.15) is 303 Å². The summed E-state index contributed by atoms with van der Waals surface area (Å²) in [6, 6.07) is 0. The quantitative estimate of drug-likeness (QED) is 0.0261. The fourth-order valence-electron chi connectivity index (χ4n) is 9.14. The highest BCUT2D eigenvalue weighted by Crippen LogP contribution is 2.16. The molecule has 81 heavy (non-hydrogen) atoms. The van der Waals surface area contributed by atoms with Crippen molar-refractivity contribution in [2.45, 2.75) is 309 Å². The van der Waals surface area contributed by atoms with E-state index in [2.05, 4.69) is 154 Å². The first-order valence-electron chi connectivity index (χ1n) is 33.7. The Bertz CT molecular complexity index is 1720. The molecule has 0 radical (unpaired) electrons. The first-order chi connectivity index (χ1) is 40.0. The summed E-state index contributed by atoms with van der Waals surface area (Å²) in [5.41, 5.74) is 0.